The first-order valence-electron chi connectivity index (χ1n) is 7.16. The molecule has 0 spiro atoms. The number of hydrogen-bond acceptors (Lipinski definition) is 3. The quantitative estimate of drug-likeness (QED) is 0.821. The standard InChI is InChI=1S/C15H24N2O2S/c1-5-6-12-8-14(12)17-20(18,19)15-10(3)9(2)7-13(16)11(15)4/h7,12,14,17H,5-6,8,16H2,1-4H3. The molecule has 2 unspecified atom stereocenters. The predicted molar refractivity (Wildman–Crippen MR) is 82.2 cm³/mol. The van der Waals surface area contributed by atoms with Crippen molar-refractivity contribution in [2.45, 2.75) is 57.9 Å². The van der Waals surface area contributed by atoms with Crippen molar-refractivity contribution in [1.29, 1.82) is 0 Å². The summed E-state index contributed by atoms with van der Waals surface area (Å²) < 4.78 is 28.1. The first-order valence-corrected chi connectivity index (χ1v) is 8.64. The molecule has 1 aliphatic rings. The topological polar surface area (TPSA) is 72.2 Å². The van der Waals surface area contributed by atoms with Crippen LogP contribution in [0.25, 0.3) is 0 Å². The fourth-order valence-electron chi connectivity index (χ4n) is 2.78. The van der Waals surface area contributed by atoms with E-state index in [-0.39, 0.29) is 6.04 Å². The number of hydrogen-bond donors (Lipinski definition) is 2. The van der Waals surface area contributed by atoms with Crippen molar-refractivity contribution in [2.24, 2.45) is 5.92 Å². The van der Waals surface area contributed by atoms with Crippen molar-refractivity contribution in [1.82, 2.24) is 4.72 Å². The maximum absolute atomic E-state index is 12.6. The Kier molecular flexibility index (Phi) is 4.12. The zero-order chi connectivity index (χ0) is 15.1. The highest BCUT2D eigenvalue weighted by atomic mass is 32.2. The monoisotopic (exact) mass is 296 g/mol. The third-order valence-corrected chi connectivity index (χ3v) is 6.00. The molecule has 1 fully saturated rings. The maximum atomic E-state index is 12.6. The highest BCUT2D eigenvalue weighted by Gasteiger charge is 2.40. The lowest BCUT2D eigenvalue weighted by molar-refractivity contribution is 0.572. The van der Waals surface area contributed by atoms with Gasteiger partial charge in [-0.15, -0.1) is 0 Å². The molecule has 2 atom stereocenters. The fraction of sp³-hybridized carbons (Fsp3) is 0.600. The normalized spacial score (nSPS) is 22.0. The molecule has 1 aliphatic carbocycles. The van der Waals surface area contributed by atoms with E-state index < -0.39 is 10.0 Å². The van der Waals surface area contributed by atoms with Crippen LogP contribution in [0.5, 0.6) is 0 Å². The highest BCUT2D eigenvalue weighted by Crippen LogP contribution is 2.37. The van der Waals surface area contributed by atoms with Gasteiger partial charge in [-0.05, 0) is 62.3 Å². The van der Waals surface area contributed by atoms with E-state index in [1.54, 1.807) is 6.92 Å². The summed E-state index contributed by atoms with van der Waals surface area (Å²) in [5.41, 5.74) is 8.80. The Morgan fingerprint density at radius 2 is 1.95 bits per heavy atom. The summed E-state index contributed by atoms with van der Waals surface area (Å²) in [4.78, 5) is 0.358. The second-order valence-corrected chi connectivity index (χ2v) is 7.52. The van der Waals surface area contributed by atoms with E-state index in [9.17, 15) is 8.42 Å². The minimum atomic E-state index is -3.48. The molecule has 4 nitrogen and oxygen atoms in total. The van der Waals surface area contributed by atoms with Crippen LogP contribution in [0, 0.1) is 26.7 Å². The lowest BCUT2D eigenvalue weighted by atomic mass is 10.1. The van der Waals surface area contributed by atoms with Gasteiger partial charge in [-0.2, -0.15) is 0 Å². The molecule has 0 aliphatic heterocycles. The molecule has 0 aromatic heterocycles. The van der Waals surface area contributed by atoms with E-state index in [2.05, 4.69) is 11.6 Å². The number of rotatable bonds is 5. The molecule has 1 saturated carbocycles. The molecule has 0 radical (unpaired) electrons. The molecular weight excluding hydrogens is 272 g/mol. The summed E-state index contributed by atoms with van der Waals surface area (Å²) in [6.45, 7) is 7.63. The van der Waals surface area contributed by atoms with Gasteiger partial charge in [0.2, 0.25) is 10.0 Å². The van der Waals surface area contributed by atoms with E-state index >= 15 is 0 Å². The Balaban J connectivity index is 2.31. The number of aryl methyl sites for hydroxylation is 1. The lowest BCUT2D eigenvalue weighted by Crippen LogP contribution is -2.29. The Labute approximate surface area is 121 Å². The summed E-state index contributed by atoms with van der Waals surface area (Å²) in [5.74, 6) is 0.498. The molecule has 20 heavy (non-hydrogen) atoms. The van der Waals surface area contributed by atoms with E-state index in [4.69, 9.17) is 5.73 Å². The van der Waals surface area contributed by atoms with Gasteiger partial charge < -0.3 is 5.73 Å². The van der Waals surface area contributed by atoms with Gasteiger partial charge in [-0.1, -0.05) is 13.3 Å². The van der Waals surface area contributed by atoms with Crippen molar-refractivity contribution in [3.8, 4) is 0 Å². The average Bonchev–Trinajstić information content (AvgIpc) is 3.04. The van der Waals surface area contributed by atoms with Gasteiger partial charge in [0.05, 0.1) is 4.90 Å². The van der Waals surface area contributed by atoms with Crippen LogP contribution < -0.4 is 10.5 Å². The molecule has 0 amide bonds. The third kappa shape index (κ3) is 2.83. The maximum Gasteiger partial charge on any atom is 0.241 e. The number of nitrogen functional groups attached to an aromatic ring is 1. The van der Waals surface area contributed by atoms with Crippen molar-refractivity contribution in [2.75, 3.05) is 5.73 Å². The molecule has 3 N–H and O–H groups in total. The first-order chi connectivity index (χ1) is 9.27. The molecule has 1 aromatic rings. The fourth-order valence-corrected chi connectivity index (χ4v) is 4.67. The SMILES string of the molecule is CCCC1CC1NS(=O)(=O)c1c(C)c(C)cc(N)c1C. The number of anilines is 1. The zero-order valence-electron chi connectivity index (χ0n) is 12.7. The van der Waals surface area contributed by atoms with Gasteiger partial charge in [0.15, 0.2) is 0 Å². The number of nitrogens with two attached hydrogens (primary N) is 1. The molecule has 0 heterocycles. The summed E-state index contributed by atoms with van der Waals surface area (Å²) in [7, 11) is -3.48. The van der Waals surface area contributed by atoms with Crippen LogP contribution in [-0.4, -0.2) is 14.5 Å². The van der Waals surface area contributed by atoms with Crippen molar-refractivity contribution >= 4 is 15.7 Å². The zero-order valence-corrected chi connectivity index (χ0v) is 13.5. The van der Waals surface area contributed by atoms with Gasteiger partial charge in [0, 0.05) is 11.7 Å². The molecule has 1 aromatic carbocycles. The smallest absolute Gasteiger partial charge is 0.241 e. The average molecular weight is 296 g/mol. The van der Waals surface area contributed by atoms with Crippen molar-refractivity contribution < 1.29 is 8.42 Å². The number of sulfonamides is 1. The summed E-state index contributed by atoms with van der Waals surface area (Å²) >= 11 is 0. The minimum absolute atomic E-state index is 0.0977. The molecule has 2 rings (SSSR count). The lowest BCUT2D eigenvalue weighted by Gasteiger charge is -2.16. The number of benzene rings is 1. The van der Waals surface area contributed by atoms with Crippen LogP contribution in [0.1, 0.15) is 42.9 Å². The summed E-state index contributed by atoms with van der Waals surface area (Å²) in [6.07, 6.45) is 3.13. The van der Waals surface area contributed by atoms with E-state index in [1.165, 1.54) is 0 Å². The second-order valence-electron chi connectivity index (χ2n) is 5.87. The van der Waals surface area contributed by atoms with Crippen molar-refractivity contribution in [3.63, 3.8) is 0 Å². The third-order valence-electron chi connectivity index (χ3n) is 4.24. The van der Waals surface area contributed by atoms with E-state index in [0.717, 1.165) is 30.4 Å². The highest BCUT2D eigenvalue weighted by molar-refractivity contribution is 7.89. The Hall–Kier alpha value is -1.07. The Morgan fingerprint density at radius 3 is 2.55 bits per heavy atom. The Morgan fingerprint density at radius 1 is 1.30 bits per heavy atom. The minimum Gasteiger partial charge on any atom is -0.398 e. The van der Waals surface area contributed by atoms with Gasteiger partial charge >= 0.3 is 0 Å². The molecule has 0 saturated heterocycles. The number of nitrogens with one attached hydrogen (secondary N) is 1. The molecule has 112 valence electrons. The van der Waals surface area contributed by atoms with Crippen LogP contribution in [0.2, 0.25) is 0 Å². The summed E-state index contributed by atoms with van der Waals surface area (Å²) in [6, 6.07) is 1.93. The summed E-state index contributed by atoms with van der Waals surface area (Å²) in [5, 5.41) is 0. The van der Waals surface area contributed by atoms with Gasteiger partial charge in [0.25, 0.3) is 0 Å². The second kappa shape index (κ2) is 5.37. The predicted octanol–water partition coefficient (Wildman–Crippen LogP) is 2.66. The van der Waals surface area contributed by atoms with Crippen LogP contribution in [0.3, 0.4) is 0 Å². The first kappa shape index (κ1) is 15.3. The van der Waals surface area contributed by atoms with Gasteiger partial charge in [0.1, 0.15) is 0 Å². The van der Waals surface area contributed by atoms with Crippen LogP contribution in [-0.2, 0) is 10.0 Å². The largest absolute Gasteiger partial charge is 0.398 e. The van der Waals surface area contributed by atoms with E-state index in [0.29, 0.717) is 22.1 Å². The van der Waals surface area contributed by atoms with Crippen LogP contribution >= 0.6 is 0 Å². The van der Waals surface area contributed by atoms with Gasteiger partial charge in [-0.25, -0.2) is 13.1 Å². The van der Waals surface area contributed by atoms with Crippen LogP contribution in [0.4, 0.5) is 5.69 Å². The van der Waals surface area contributed by atoms with Crippen molar-refractivity contribution in [3.05, 3.63) is 22.8 Å². The van der Waals surface area contributed by atoms with Crippen LogP contribution in [0.15, 0.2) is 11.0 Å². The Bertz CT molecular complexity index is 597. The van der Waals surface area contributed by atoms with Gasteiger partial charge in [-0.3, -0.25) is 0 Å². The molecule has 5 heteroatoms. The molecular formula is C15H24N2O2S. The van der Waals surface area contributed by atoms with E-state index in [1.807, 2.05) is 19.9 Å². The molecule has 0 bridgehead atoms.